The Bertz CT molecular complexity index is 801. The van der Waals surface area contributed by atoms with Crippen molar-refractivity contribution in [2.75, 3.05) is 0 Å². The van der Waals surface area contributed by atoms with Crippen LogP contribution in [0.5, 0.6) is 0 Å². The number of fused-ring (bicyclic) bond motifs is 3. The standard InChI is InChI=1S/C15H16N2OS/c1-3-4-9-12-16-13-10-7-5-6-8-11(10)14(18)17(2)15(13)19-12/h5-8H,3-4,9H2,1-2H3. The molecule has 0 aliphatic carbocycles. The summed E-state index contributed by atoms with van der Waals surface area (Å²) in [5.41, 5.74) is 1.03. The highest BCUT2D eigenvalue weighted by atomic mass is 32.1. The van der Waals surface area contributed by atoms with Crippen molar-refractivity contribution in [2.45, 2.75) is 26.2 Å². The van der Waals surface area contributed by atoms with E-state index in [1.54, 1.807) is 15.9 Å². The molecule has 2 aromatic heterocycles. The second-order valence-electron chi connectivity index (χ2n) is 4.77. The largest absolute Gasteiger partial charge is 0.301 e. The molecule has 0 bridgehead atoms. The summed E-state index contributed by atoms with van der Waals surface area (Å²) in [6.45, 7) is 2.18. The van der Waals surface area contributed by atoms with Crippen molar-refractivity contribution < 1.29 is 0 Å². The predicted molar refractivity (Wildman–Crippen MR) is 81.0 cm³/mol. The zero-order valence-electron chi connectivity index (χ0n) is 11.1. The minimum absolute atomic E-state index is 0.0637. The molecule has 2 heterocycles. The minimum Gasteiger partial charge on any atom is -0.301 e. The van der Waals surface area contributed by atoms with E-state index >= 15 is 0 Å². The molecule has 19 heavy (non-hydrogen) atoms. The van der Waals surface area contributed by atoms with Gasteiger partial charge in [0.25, 0.3) is 5.56 Å². The molecule has 3 rings (SSSR count). The van der Waals surface area contributed by atoms with Crippen LogP contribution in [0.4, 0.5) is 0 Å². The van der Waals surface area contributed by atoms with E-state index in [4.69, 9.17) is 4.98 Å². The lowest BCUT2D eigenvalue weighted by atomic mass is 10.1. The van der Waals surface area contributed by atoms with Crippen molar-refractivity contribution in [3.63, 3.8) is 0 Å². The number of aryl methyl sites for hydroxylation is 2. The van der Waals surface area contributed by atoms with E-state index in [1.165, 1.54) is 0 Å². The van der Waals surface area contributed by atoms with Crippen LogP contribution in [0, 0.1) is 0 Å². The Labute approximate surface area is 115 Å². The van der Waals surface area contributed by atoms with Gasteiger partial charge in [0.2, 0.25) is 0 Å². The van der Waals surface area contributed by atoms with E-state index in [2.05, 4.69) is 6.92 Å². The van der Waals surface area contributed by atoms with Gasteiger partial charge in [0.15, 0.2) is 0 Å². The molecule has 0 saturated carbocycles. The van der Waals surface area contributed by atoms with Crippen molar-refractivity contribution >= 4 is 32.5 Å². The molecule has 0 unspecified atom stereocenters. The van der Waals surface area contributed by atoms with Gasteiger partial charge in [0, 0.05) is 17.8 Å². The molecular weight excluding hydrogens is 256 g/mol. The highest BCUT2D eigenvalue weighted by molar-refractivity contribution is 7.18. The Morgan fingerprint density at radius 2 is 2.00 bits per heavy atom. The van der Waals surface area contributed by atoms with Gasteiger partial charge in [-0.15, -0.1) is 11.3 Å². The van der Waals surface area contributed by atoms with Crippen LogP contribution in [0.1, 0.15) is 24.8 Å². The van der Waals surface area contributed by atoms with E-state index in [0.29, 0.717) is 0 Å². The Balaban J connectivity index is 2.34. The quantitative estimate of drug-likeness (QED) is 0.731. The summed E-state index contributed by atoms with van der Waals surface area (Å²) in [6.07, 6.45) is 3.31. The normalized spacial score (nSPS) is 11.5. The number of pyridine rings is 1. The number of nitrogens with zero attached hydrogens (tertiary/aromatic N) is 2. The zero-order chi connectivity index (χ0) is 13.4. The van der Waals surface area contributed by atoms with E-state index in [9.17, 15) is 4.79 Å². The lowest BCUT2D eigenvalue weighted by Crippen LogP contribution is -2.16. The van der Waals surface area contributed by atoms with Crippen LogP contribution >= 0.6 is 11.3 Å². The summed E-state index contributed by atoms with van der Waals surface area (Å²) in [5, 5.41) is 2.85. The molecule has 0 amide bonds. The Morgan fingerprint density at radius 1 is 1.26 bits per heavy atom. The highest BCUT2D eigenvalue weighted by Crippen LogP contribution is 2.27. The smallest absolute Gasteiger partial charge is 0.259 e. The molecule has 0 aliphatic rings. The van der Waals surface area contributed by atoms with Crippen LogP contribution in [-0.4, -0.2) is 9.55 Å². The summed E-state index contributed by atoms with van der Waals surface area (Å²) in [7, 11) is 1.83. The highest BCUT2D eigenvalue weighted by Gasteiger charge is 2.12. The van der Waals surface area contributed by atoms with Crippen molar-refractivity contribution in [1.82, 2.24) is 9.55 Å². The first kappa shape index (κ1) is 12.4. The van der Waals surface area contributed by atoms with Crippen molar-refractivity contribution in [3.05, 3.63) is 39.6 Å². The predicted octanol–water partition coefficient (Wildman–Crippen LogP) is 3.49. The molecule has 3 aromatic rings. The van der Waals surface area contributed by atoms with Gasteiger partial charge in [-0.1, -0.05) is 31.5 Å². The maximum atomic E-state index is 12.3. The number of aromatic nitrogens is 2. The number of hydrogen-bond acceptors (Lipinski definition) is 3. The van der Waals surface area contributed by atoms with E-state index in [1.807, 2.05) is 31.3 Å². The van der Waals surface area contributed by atoms with Crippen LogP contribution in [0.15, 0.2) is 29.1 Å². The lowest BCUT2D eigenvalue weighted by molar-refractivity contribution is 0.791. The number of hydrogen-bond donors (Lipinski definition) is 0. The van der Waals surface area contributed by atoms with Crippen molar-refractivity contribution in [2.24, 2.45) is 7.05 Å². The Kier molecular flexibility index (Phi) is 3.11. The maximum absolute atomic E-state index is 12.3. The van der Waals surface area contributed by atoms with Gasteiger partial charge in [0.05, 0.1) is 5.01 Å². The number of unbranched alkanes of at least 4 members (excludes halogenated alkanes) is 1. The summed E-state index contributed by atoms with van der Waals surface area (Å²) in [5.74, 6) is 0. The number of rotatable bonds is 3. The van der Waals surface area contributed by atoms with Gasteiger partial charge in [-0.3, -0.25) is 4.79 Å². The zero-order valence-corrected chi connectivity index (χ0v) is 12.0. The number of thiazole rings is 1. The average molecular weight is 272 g/mol. The third kappa shape index (κ3) is 1.96. The first-order chi connectivity index (χ1) is 9.22. The molecule has 0 N–H and O–H groups in total. The summed E-state index contributed by atoms with van der Waals surface area (Å²) < 4.78 is 1.73. The summed E-state index contributed by atoms with van der Waals surface area (Å²) >= 11 is 1.64. The topological polar surface area (TPSA) is 34.9 Å². The molecule has 98 valence electrons. The van der Waals surface area contributed by atoms with E-state index < -0.39 is 0 Å². The molecule has 4 heteroatoms. The summed E-state index contributed by atoms with van der Waals surface area (Å²) in [6, 6.07) is 7.73. The molecule has 3 nitrogen and oxygen atoms in total. The van der Waals surface area contributed by atoms with Crippen LogP contribution < -0.4 is 5.56 Å². The first-order valence-electron chi connectivity index (χ1n) is 6.59. The van der Waals surface area contributed by atoms with Gasteiger partial charge in [-0.2, -0.15) is 0 Å². The fourth-order valence-corrected chi connectivity index (χ4v) is 3.42. The maximum Gasteiger partial charge on any atom is 0.259 e. The molecule has 0 saturated heterocycles. The molecule has 0 spiro atoms. The minimum atomic E-state index is 0.0637. The third-order valence-corrected chi connectivity index (χ3v) is 4.61. The fourth-order valence-electron chi connectivity index (χ4n) is 2.34. The second-order valence-corrected chi connectivity index (χ2v) is 5.84. The Morgan fingerprint density at radius 3 is 2.74 bits per heavy atom. The van der Waals surface area contributed by atoms with Crippen molar-refractivity contribution in [1.29, 1.82) is 0 Å². The first-order valence-corrected chi connectivity index (χ1v) is 7.41. The molecule has 0 aliphatic heterocycles. The fraction of sp³-hybridized carbons (Fsp3) is 0.333. The molecule has 1 aromatic carbocycles. The van der Waals surface area contributed by atoms with Crippen LogP contribution in [0.2, 0.25) is 0 Å². The second kappa shape index (κ2) is 4.78. The van der Waals surface area contributed by atoms with Gasteiger partial charge < -0.3 is 4.57 Å². The average Bonchev–Trinajstić information content (AvgIpc) is 2.87. The monoisotopic (exact) mass is 272 g/mol. The van der Waals surface area contributed by atoms with Gasteiger partial charge >= 0.3 is 0 Å². The van der Waals surface area contributed by atoms with Crippen molar-refractivity contribution in [3.8, 4) is 0 Å². The summed E-state index contributed by atoms with van der Waals surface area (Å²) in [4.78, 5) is 18.0. The van der Waals surface area contributed by atoms with E-state index in [-0.39, 0.29) is 5.56 Å². The van der Waals surface area contributed by atoms with Crippen LogP contribution in [-0.2, 0) is 13.5 Å². The number of benzene rings is 1. The molecular formula is C15H16N2OS. The SMILES string of the molecule is CCCCc1nc2c3ccccc3c(=O)n(C)c2s1. The Hall–Kier alpha value is -1.68. The van der Waals surface area contributed by atoms with Gasteiger partial charge in [-0.25, -0.2) is 4.98 Å². The lowest BCUT2D eigenvalue weighted by Gasteiger charge is -2.02. The van der Waals surface area contributed by atoms with E-state index in [0.717, 1.165) is 45.4 Å². The molecule has 0 atom stereocenters. The third-order valence-electron chi connectivity index (χ3n) is 3.42. The molecule has 0 fully saturated rings. The van der Waals surface area contributed by atoms with Gasteiger partial charge in [0.1, 0.15) is 10.3 Å². The van der Waals surface area contributed by atoms with Crippen LogP contribution in [0.25, 0.3) is 21.1 Å². The van der Waals surface area contributed by atoms with Crippen LogP contribution in [0.3, 0.4) is 0 Å². The molecule has 0 radical (unpaired) electrons. The van der Waals surface area contributed by atoms with Gasteiger partial charge in [-0.05, 0) is 18.9 Å².